The second-order valence-electron chi connectivity index (χ2n) is 5.15. The van der Waals surface area contributed by atoms with Crippen molar-refractivity contribution < 1.29 is 9.53 Å². The van der Waals surface area contributed by atoms with Crippen LogP contribution in [-0.2, 0) is 4.74 Å². The van der Waals surface area contributed by atoms with Gasteiger partial charge in [-0.1, -0.05) is 34.8 Å². The van der Waals surface area contributed by atoms with Crippen molar-refractivity contribution in [2.45, 2.75) is 0 Å². The third kappa shape index (κ3) is 4.05. The van der Waals surface area contributed by atoms with Gasteiger partial charge in [0.05, 0.1) is 22.8 Å². The fourth-order valence-electron chi connectivity index (χ4n) is 2.24. The summed E-state index contributed by atoms with van der Waals surface area (Å²) in [6.45, 7) is 0. The quantitative estimate of drug-likeness (QED) is 0.358. The molecule has 4 nitrogen and oxygen atoms in total. The second kappa shape index (κ2) is 7.98. The van der Waals surface area contributed by atoms with Crippen LogP contribution in [0.3, 0.4) is 0 Å². The fourth-order valence-corrected chi connectivity index (χ4v) is 4.39. The van der Waals surface area contributed by atoms with Gasteiger partial charge in [-0.3, -0.25) is 0 Å². The monoisotopic (exact) mass is 444 g/mol. The maximum Gasteiger partial charge on any atom is 0.349 e. The van der Waals surface area contributed by atoms with Crippen molar-refractivity contribution in [1.82, 2.24) is 0 Å². The predicted molar refractivity (Wildman–Crippen MR) is 114 cm³/mol. The number of carbonyl (C=O) groups excluding carboxylic acids is 1. The molecular formula is C17H11Cl3N2O2S2. The maximum absolute atomic E-state index is 11.8. The summed E-state index contributed by atoms with van der Waals surface area (Å²) in [5.74, 6) is -0.458. The Balaban J connectivity index is 1.80. The standard InChI is InChI=1S/C17H11Cl3N2O2S2/c1-24-16(23)15-14(20)10-4-3-9(7-13(10)26-15)21-17(25)22-12-5-2-8(18)6-11(12)19/h2-7H,1H3,(H2,21,22,25). The number of fused-ring (bicyclic) bond motifs is 1. The van der Waals surface area contributed by atoms with Crippen molar-refractivity contribution in [2.24, 2.45) is 0 Å². The summed E-state index contributed by atoms with van der Waals surface area (Å²) in [7, 11) is 1.32. The van der Waals surface area contributed by atoms with E-state index in [1.807, 2.05) is 18.2 Å². The first-order valence-electron chi connectivity index (χ1n) is 7.22. The molecule has 0 aliphatic heterocycles. The highest BCUT2D eigenvalue weighted by Crippen LogP contribution is 2.37. The Morgan fingerprint density at radius 1 is 1.12 bits per heavy atom. The van der Waals surface area contributed by atoms with Crippen LogP contribution in [-0.4, -0.2) is 18.2 Å². The summed E-state index contributed by atoms with van der Waals surface area (Å²) >= 11 is 24.8. The molecule has 0 spiro atoms. The highest BCUT2D eigenvalue weighted by molar-refractivity contribution is 7.80. The second-order valence-corrected chi connectivity index (χ2v) is 7.83. The van der Waals surface area contributed by atoms with Gasteiger partial charge in [-0.2, -0.15) is 0 Å². The molecule has 0 aliphatic carbocycles. The van der Waals surface area contributed by atoms with Gasteiger partial charge in [0.2, 0.25) is 0 Å². The van der Waals surface area contributed by atoms with Crippen LogP contribution in [0.2, 0.25) is 15.1 Å². The number of ether oxygens (including phenoxy) is 1. The van der Waals surface area contributed by atoms with Gasteiger partial charge < -0.3 is 15.4 Å². The lowest BCUT2D eigenvalue weighted by Gasteiger charge is -2.12. The number of rotatable bonds is 3. The summed E-state index contributed by atoms with van der Waals surface area (Å²) in [5, 5.41) is 8.62. The highest BCUT2D eigenvalue weighted by Gasteiger charge is 2.17. The zero-order valence-corrected chi connectivity index (χ0v) is 17.1. The van der Waals surface area contributed by atoms with E-state index in [0.29, 0.717) is 30.7 Å². The molecular weight excluding hydrogens is 435 g/mol. The van der Waals surface area contributed by atoms with Crippen LogP contribution in [0, 0.1) is 0 Å². The van der Waals surface area contributed by atoms with Crippen LogP contribution in [0.25, 0.3) is 10.1 Å². The van der Waals surface area contributed by atoms with E-state index >= 15 is 0 Å². The van der Waals surface area contributed by atoms with Gasteiger partial charge in [-0.25, -0.2) is 4.79 Å². The predicted octanol–water partition coefficient (Wildman–Crippen LogP) is 6.46. The topological polar surface area (TPSA) is 50.4 Å². The largest absolute Gasteiger partial charge is 0.465 e. The van der Waals surface area contributed by atoms with Crippen molar-refractivity contribution in [1.29, 1.82) is 0 Å². The van der Waals surface area contributed by atoms with Gasteiger partial charge in [0.1, 0.15) is 4.88 Å². The molecule has 0 bridgehead atoms. The SMILES string of the molecule is COC(=O)c1sc2cc(NC(=S)Nc3ccc(Cl)cc3Cl)ccc2c1Cl. The van der Waals surface area contributed by atoms with E-state index in [2.05, 4.69) is 10.6 Å². The van der Waals surface area contributed by atoms with Crippen LogP contribution >= 0.6 is 58.4 Å². The summed E-state index contributed by atoms with van der Waals surface area (Å²) < 4.78 is 5.59. The fraction of sp³-hybridized carbons (Fsp3) is 0.0588. The Kier molecular flexibility index (Phi) is 5.89. The van der Waals surface area contributed by atoms with Gasteiger partial charge >= 0.3 is 5.97 Å². The minimum atomic E-state index is -0.458. The number of nitrogens with one attached hydrogen (secondary N) is 2. The molecule has 3 rings (SSSR count). The molecule has 1 heterocycles. The molecule has 0 atom stereocenters. The molecule has 0 unspecified atom stereocenters. The Hall–Kier alpha value is -1.57. The Morgan fingerprint density at radius 3 is 2.58 bits per heavy atom. The molecule has 0 radical (unpaired) electrons. The zero-order chi connectivity index (χ0) is 18.8. The van der Waals surface area contributed by atoms with Crippen molar-refractivity contribution in [3.05, 3.63) is 56.3 Å². The first kappa shape index (κ1) is 19.2. The lowest BCUT2D eigenvalue weighted by Crippen LogP contribution is -2.19. The van der Waals surface area contributed by atoms with Gasteiger partial charge in [0.25, 0.3) is 0 Å². The molecule has 9 heteroatoms. The van der Waals surface area contributed by atoms with E-state index in [0.717, 1.165) is 15.8 Å². The zero-order valence-electron chi connectivity index (χ0n) is 13.2. The first-order chi connectivity index (χ1) is 12.4. The third-order valence-corrected chi connectivity index (χ3v) is 5.83. The number of methoxy groups -OCH3 is 1. The van der Waals surface area contributed by atoms with E-state index in [1.54, 1.807) is 18.2 Å². The molecule has 2 N–H and O–H groups in total. The average Bonchev–Trinajstić information content (AvgIpc) is 2.93. The molecule has 134 valence electrons. The van der Waals surface area contributed by atoms with E-state index in [4.69, 9.17) is 51.8 Å². The van der Waals surface area contributed by atoms with Gasteiger partial charge in [-0.15, -0.1) is 11.3 Å². The number of thiocarbonyl (C=S) groups is 1. The number of anilines is 2. The van der Waals surface area contributed by atoms with E-state index in [-0.39, 0.29) is 0 Å². The number of benzene rings is 2. The summed E-state index contributed by atoms with van der Waals surface area (Å²) in [6, 6.07) is 10.6. The number of carbonyl (C=O) groups is 1. The summed E-state index contributed by atoms with van der Waals surface area (Å²) in [4.78, 5) is 12.1. The molecule has 0 saturated heterocycles. The lowest BCUT2D eigenvalue weighted by molar-refractivity contribution is 0.0606. The first-order valence-corrected chi connectivity index (χ1v) is 9.58. The van der Waals surface area contributed by atoms with Crippen LogP contribution in [0.4, 0.5) is 11.4 Å². The summed E-state index contributed by atoms with van der Waals surface area (Å²) in [5.41, 5.74) is 1.39. The Morgan fingerprint density at radius 2 is 1.88 bits per heavy atom. The Bertz CT molecular complexity index is 1020. The molecule has 1 aromatic heterocycles. The van der Waals surface area contributed by atoms with Crippen LogP contribution < -0.4 is 10.6 Å². The van der Waals surface area contributed by atoms with Crippen LogP contribution in [0.5, 0.6) is 0 Å². The van der Waals surface area contributed by atoms with E-state index in [1.165, 1.54) is 18.4 Å². The minimum Gasteiger partial charge on any atom is -0.465 e. The van der Waals surface area contributed by atoms with Crippen molar-refractivity contribution >= 4 is 90.9 Å². The molecule has 0 fully saturated rings. The third-order valence-electron chi connectivity index (χ3n) is 3.44. The van der Waals surface area contributed by atoms with Crippen LogP contribution in [0.15, 0.2) is 36.4 Å². The smallest absolute Gasteiger partial charge is 0.349 e. The Labute approximate surface area is 174 Å². The highest BCUT2D eigenvalue weighted by atomic mass is 35.5. The molecule has 2 aromatic carbocycles. The van der Waals surface area contributed by atoms with Gasteiger partial charge in [0.15, 0.2) is 5.11 Å². The van der Waals surface area contributed by atoms with E-state index in [9.17, 15) is 4.79 Å². The lowest BCUT2D eigenvalue weighted by atomic mass is 10.2. The van der Waals surface area contributed by atoms with Gasteiger partial charge in [0, 0.05) is 20.8 Å². The molecule has 3 aromatic rings. The van der Waals surface area contributed by atoms with Gasteiger partial charge in [-0.05, 0) is 48.6 Å². The van der Waals surface area contributed by atoms with Crippen molar-refractivity contribution in [2.75, 3.05) is 17.7 Å². The summed E-state index contributed by atoms with van der Waals surface area (Å²) in [6.07, 6.45) is 0. The molecule has 26 heavy (non-hydrogen) atoms. The van der Waals surface area contributed by atoms with Crippen molar-refractivity contribution in [3.8, 4) is 0 Å². The minimum absolute atomic E-state index is 0.365. The maximum atomic E-state index is 11.8. The molecule has 0 aliphatic rings. The molecule has 0 saturated carbocycles. The average molecular weight is 446 g/mol. The molecule has 0 amide bonds. The number of hydrogen-bond acceptors (Lipinski definition) is 4. The number of esters is 1. The normalized spacial score (nSPS) is 10.6. The van der Waals surface area contributed by atoms with E-state index < -0.39 is 5.97 Å². The number of halogens is 3. The van der Waals surface area contributed by atoms with Crippen molar-refractivity contribution in [3.63, 3.8) is 0 Å². The number of thiophene rings is 1. The number of hydrogen-bond donors (Lipinski definition) is 2. The van der Waals surface area contributed by atoms with Crippen LogP contribution in [0.1, 0.15) is 9.67 Å².